The molecule has 0 aromatic carbocycles. The van der Waals surface area contributed by atoms with Crippen LogP contribution in [-0.2, 0) is 52.5 Å². The minimum atomic E-state index is -1.66. The van der Waals surface area contributed by atoms with Crippen molar-refractivity contribution in [3.8, 4) is 0 Å². The van der Waals surface area contributed by atoms with Gasteiger partial charge in [0.2, 0.25) is 5.91 Å². The van der Waals surface area contributed by atoms with Crippen LogP contribution in [0.25, 0.3) is 0 Å². The van der Waals surface area contributed by atoms with E-state index in [0.29, 0.717) is 13.2 Å². The molecule has 0 aromatic heterocycles. The first-order chi connectivity index (χ1) is 20.6. The highest BCUT2D eigenvalue weighted by Gasteiger charge is 2.45. The fraction of sp³-hybridized carbons (Fsp3) is 0.556. The molecule has 16 nitrogen and oxygen atoms in total. The largest absolute Gasteiger partial charge is 0.481 e. The van der Waals surface area contributed by atoms with Crippen LogP contribution < -0.4 is 0 Å². The molecule has 0 spiro atoms. The molecule has 5 amide bonds. The van der Waals surface area contributed by atoms with Crippen molar-refractivity contribution in [2.24, 2.45) is 0 Å². The third kappa shape index (κ3) is 10.5. The van der Waals surface area contributed by atoms with Crippen LogP contribution in [-0.4, -0.2) is 151 Å². The molecule has 3 aliphatic heterocycles. The number of carboxylic acid groups (broad SMARTS) is 1. The fourth-order valence-electron chi connectivity index (χ4n) is 4.26. The van der Waals surface area contributed by atoms with E-state index in [9.17, 15) is 33.9 Å². The van der Waals surface area contributed by atoms with Crippen LogP contribution in [0.4, 0.5) is 0 Å². The maximum Gasteiger partial charge on any atom is 0.305 e. The number of ether oxygens (including phenoxy) is 5. The molecule has 0 aliphatic carbocycles. The van der Waals surface area contributed by atoms with Gasteiger partial charge in [-0.25, -0.2) is 0 Å². The number of rotatable bonds is 22. The molecule has 0 radical (unpaired) electrons. The lowest BCUT2D eigenvalue weighted by Crippen LogP contribution is -2.61. The predicted molar refractivity (Wildman–Crippen MR) is 143 cm³/mol. The minimum absolute atomic E-state index is 0.0182. The molecule has 16 heteroatoms. The first kappa shape index (κ1) is 33.7. The summed E-state index contributed by atoms with van der Waals surface area (Å²) < 4.78 is 27.5. The van der Waals surface area contributed by atoms with E-state index < -0.39 is 60.4 Å². The lowest BCUT2D eigenvalue weighted by atomic mass is 10.00. The molecule has 3 aliphatic rings. The maximum atomic E-state index is 12.4. The smallest absolute Gasteiger partial charge is 0.305 e. The first-order valence-electron chi connectivity index (χ1n) is 13.5. The number of aliphatic carboxylic acids is 1. The second-order valence-electron chi connectivity index (χ2n) is 9.56. The van der Waals surface area contributed by atoms with E-state index in [1.165, 1.54) is 6.08 Å². The Balaban J connectivity index is 1.50. The van der Waals surface area contributed by atoms with Crippen LogP contribution in [0.3, 0.4) is 0 Å². The number of amides is 5. The van der Waals surface area contributed by atoms with E-state index in [0.717, 1.165) is 45.1 Å². The number of carbonyl (C=O) groups is 6. The summed E-state index contributed by atoms with van der Waals surface area (Å²) in [6.07, 6.45) is 5.30. The Hall–Kier alpha value is -3.80. The van der Waals surface area contributed by atoms with Crippen LogP contribution in [0, 0.1) is 0 Å². The molecule has 236 valence electrons. The van der Waals surface area contributed by atoms with E-state index in [1.54, 1.807) is 0 Å². The van der Waals surface area contributed by atoms with Gasteiger partial charge in [-0.05, 0) is 6.08 Å². The number of hydrogen-bond donors (Lipinski definition) is 2. The Labute approximate surface area is 247 Å². The summed E-state index contributed by atoms with van der Waals surface area (Å²) in [7, 11) is 0. The van der Waals surface area contributed by atoms with Crippen LogP contribution in [0.1, 0.15) is 6.42 Å². The summed E-state index contributed by atoms with van der Waals surface area (Å²) in [6.45, 7) is 0.386. The van der Waals surface area contributed by atoms with Crippen molar-refractivity contribution < 1.29 is 62.7 Å². The molecule has 1 unspecified atom stereocenters. The minimum Gasteiger partial charge on any atom is -0.481 e. The monoisotopic (exact) mass is 609 g/mol. The van der Waals surface area contributed by atoms with Crippen molar-refractivity contribution >= 4 is 35.5 Å². The summed E-state index contributed by atoms with van der Waals surface area (Å²) in [5.41, 5.74) is -1.66. The van der Waals surface area contributed by atoms with Crippen molar-refractivity contribution in [3.63, 3.8) is 0 Å². The van der Waals surface area contributed by atoms with Gasteiger partial charge in [0.15, 0.2) is 0 Å². The van der Waals surface area contributed by atoms with Crippen LogP contribution in [0.5, 0.6) is 0 Å². The van der Waals surface area contributed by atoms with Crippen molar-refractivity contribution in [1.29, 1.82) is 0 Å². The molecular weight excluding hydrogens is 574 g/mol. The van der Waals surface area contributed by atoms with Crippen LogP contribution in [0.2, 0.25) is 0 Å². The lowest BCUT2D eigenvalue weighted by Gasteiger charge is -2.41. The Bertz CT molecular complexity index is 1060. The molecule has 3 heterocycles. The highest BCUT2D eigenvalue weighted by atomic mass is 16.6. The SMILES string of the molecule is O=C(O)CCOCCOCCOCCOCCOC(CN1C(=O)C=CC1=O)(CN1C(=O)C=CC1=O)CN1C(=O)C=CC1O. The zero-order valence-electron chi connectivity index (χ0n) is 23.5. The summed E-state index contributed by atoms with van der Waals surface area (Å²) >= 11 is 0. The highest BCUT2D eigenvalue weighted by Crippen LogP contribution is 2.24. The Kier molecular flexibility index (Phi) is 13.1. The van der Waals surface area contributed by atoms with Gasteiger partial charge in [0.25, 0.3) is 23.6 Å². The summed E-state index contributed by atoms with van der Waals surface area (Å²) in [6, 6.07) is 0. The summed E-state index contributed by atoms with van der Waals surface area (Å²) in [5.74, 6) is -4.03. The second kappa shape index (κ2) is 16.7. The molecule has 43 heavy (non-hydrogen) atoms. The lowest BCUT2D eigenvalue weighted by molar-refractivity contribution is -0.159. The van der Waals surface area contributed by atoms with Gasteiger partial charge in [-0.3, -0.25) is 38.6 Å². The van der Waals surface area contributed by atoms with Gasteiger partial charge in [0.1, 0.15) is 11.8 Å². The molecule has 2 N–H and O–H groups in total. The molecular formula is C27H35N3O13. The van der Waals surface area contributed by atoms with Crippen LogP contribution >= 0.6 is 0 Å². The topological polar surface area (TPSA) is 199 Å². The normalized spacial score (nSPS) is 18.4. The molecule has 0 saturated carbocycles. The molecule has 0 fully saturated rings. The molecule has 3 rings (SSSR count). The quantitative estimate of drug-likeness (QED) is 0.0996. The van der Waals surface area contributed by atoms with Crippen molar-refractivity contribution in [1.82, 2.24) is 14.7 Å². The van der Waals surface area contributed by atoms with E-state index in [-0.39, 0.29) is 59.2 Å². The molecule has 0 saturated heterocycles. The number of aliphatic hydroxyl groups is 1. The molecule has 1 atom stereocenters. The zero-order valence-corrected chi connectivity index (χ0v) is 23.5. The number of imide groups is 2. The Morgan fingerprint density at radius 3 is 1.44 bits per heavy atom. The van der Waals surface area contributed by atoms with Gasteiger partial charge >= 0.3 is 5.97 Å². The Morgan fingerprint density at radius 1 is 0.628 bits per heavy atom. The average Bonchev–Trinajstić information content (AvgIpc) is 3.58. The third-order valence-corrected chi connectivity index (χ3v) is 6.38. The zero-order chi connectivity index (χ0) is 31.2. The average molecular weight is 610 g/mol. The summed E-state index contributed by atoms with van der Waals surface area (Å²) in [4.78, 5) is 75.2. The van der Waals surface area contributed by atoms with Gasteiger partial charge in [0.05, 0.1) is 85.5 Å². The first-order valence-corrected chi connectivity index (χ1v) is 13.5. The van der Waals surface area contributed by atoms with Crippen molar-refractivity contribution in [2.75, 3.05) is 79.1 Å². The number of nitrogens with zero attached hydrogens (tertiary/aromatic N) is 3. The maximum absolute atomic E-state index is 12.4. The highest BCUT2D eigenvalue weighted by molar-refractivity contribution is 6.13. The van der Waals surface area contributed by atoms with E-state index in [4.69, 9.17) is 28.8 Å². The summed E-state index contributed by atoms with van der Waals surface area (Å²) in [5, 5.41) is 18.9. The fourth-order valence-corrected chi connectivity index (χ4v) is 4.26. The van der Waals surface area contributed by atoms with Gasteiger partial charge in [-0.1, -0.05) is 0 Å². The standard InChI is InChI=1S/C27H35N3O13/c31-20-1-2-21(32)28(20)17-27(18-29-22(33)3-4-23(29)34,19-30-24(35)5-6-25(30)36)43-16-15-42-14-13-41-12-11-40-10-9-39-8-7-26(37)38/h1-6,20,31H,7-19H2,(H,37,38). The number of carbonyl (C=O) groups excluding carboxylic acids is 5. The van der Waals surface area contributed by atoms with Crippen molar-refractivity contribution in [3.05, 3.63) is 36.5 Å². The second-order valence-corrected chi connectivity index (χ2v) is 9.56. The van der Waals surface area contributed by atoms with Gasteiger partial charge in [-0.2, -0.15) is 0 Å². The third-order valence-electron chi connectivity index (χ3n) is 6.38. The van der Waals surface area contributed by atoms with Crippen molar-refractivity contribution in [2.45, 2.75) is 18.2 Å². The van der Waals surface area contributed by atoms with Gasteiger partial charge in [0, 0.05) is 30.4 Å². The molecule has 0 bridgehead atoms. The number of carboxylic acids is 1. The predicted octanol–water partition coefficient (Wildman–Crippen LogP) is -2.15. The van der Waals surface area contributed by atoms with Gasteiger partial charge in [-0.15, -0.1) is 0 Å². The Morgan fingerprint density at radius 2 is 1.05 bits per heavy atom. The van der Waals surface area contributed by atoms with E-state index in [2.05, 4.69) is 0 Å². The molecule has 0 aromatic rings. The van der Waals surface area contributed by atoms with E-state index in [1.807, 2.05) is 0 Å². The number of aliphatic hydroxyl groups excluding tert-OH is 1. The number of hydrogen-bond acceptors (Lipinski definition) is 12. The van der Waals surface area contributed by atoms with Gasteiger partial charge < -0.3 is 38.8 Å². The van der Waals surface area contributed by atoms with E-state index >= 15 is 0 Å². The van der Waals surface area contributed by atoms with Crippen LogP contribution in [0.15, 0.2) is 36.5 Å².